The quantitative estimate of drug-likeness (QED) is 0.691. The van der Waals surface area contributed by atoms with E-state index >= 15 is 0 Å². The summed E-state index contributed by atoms with van der Waals surface area (Å²) in [7, 11) is 0. The van der Waals surface area contributed by atoms with Crippen LogP contribution in [0, 0.1) is 0 Å². The van der Waals surface area contributed by atoms with Crippen LogP contribution in [0.15, 0.2) is 77.7 Å². The summed E-state index contributed by atoms with van der Waals surface area (Å²) in [6, 6.07) is 20.8. The molecule has 0 saturated carbocycles. The highest BCUT2D eigenvalue weighted by Crippen LogP contribution is 2.31. The van der Waals surface area contributed by atoms with Crippen LogP contribution in [0.2, 0.25) is 0 Å². The van der Waals surface area contributed by atoms with Gasteiger partial charge in [0.05, 0.1) is 6.04 Å². The first kappa shape index (κ1) is 18.8. The maximum Gasteiger partial charge on any atom is 0.277 e. The van der Waals surface area contributed by atoms with Crippen molar-refractivity contribution in [1.82, 2.24) is 9.58 Å². The Hall–Kier alpha value is -3.58. The number of hydrogen-bond donors (Lipinski definition) is 2. The number of nitrogens with two attached hydrogens (primary N) is 1. The molecule has 3 aromatic rings. The van der Waals surface area contributed by atoms with Gasteiger partial charge in [0.2, 0.25) is 5.43 Å². The van der Waals surface area contributed by atoms with Crippen LogP contribution in [0.4, 0.5) is 0 Å². The minimum absolute atomic E-state index is 0.0472. The van der Waals surface area contributed by atoms with Gasteiger partial charge >= 0.3 is 0 Å². The van der Waals surface area contributed by atoms with E-state index in [4.69, 9.17) is 5.73 Å². The Morgan fingerprint density at radius 1 is 0.931 bits per heavy atom. The van der Waals surface area contributed by atoms with Crippen molar-refractivity contribution in [1.29, 1.82) is 0 Å². The molecule has 0 saturated heterocycles. The van der Waals surface area contributed by atoms with Crippen LogP contribution in [0.3, 0.4) is 0 Å². The number of hydrogen-bond acceptors (Lipinski definition) is 5. The summed E-state index contributed by atoms with van der Waals surface area (Å²) in [6.45, 7) is 0.854. The van der Waals surface area contributed by atoms with Crippen molar-refractivity contribution in [3.63, 3.8) is 0 Å². The summed E-state index contributed by atoms with van der Waals surface area (Å²) >= 11 is 0. The third-order valence-corrected chi connectivity index (χ3v) is 5.06. The normalized spacial score (nSPS) is 13.7. The van der Waals surface area contributed by atoms with Gasteiger partial charge in [-0.15, -0.1) is 0 Å². The van der Waals surface area contributed by atoms with Gasteiger partial charge in [0, 0.05) is 25.4 Å². The van der Waals surface area contributed by atoms with E-state index in [2.05, 4.69) is 0 Å². The minimum atomic E-state index is -0.588. The molecular weight excluding hydrogens is 368 g/mol. The highest BCUT2D eigenvalue weighted by Gasteiger charge is 2.36. The lowest BCUT2D eigenvalue weighted by molar-refractivity contribution is 0.0685. The second-order valence-corrected chi connectivity index (χ2v) is 6.88. The van der Waals surface area contributed by atoms with Gasteiger partial charge in [-0.05, 0) is 11.1 Å². The topological polar surface area (TPSA) is 91.8 Å². The molecule has 2 heterocycles. The number of aromatic hydroxyl groups is 1. The number of benzene rings is 2. The van der Waals surface area contributed by atoms with Crippen molar-refractivity contribution >= 4 is 5.91 Å². The molecule has 3 N–H and O–H groups in total. The van der Waals surface area contributed by atoms with Crippen molar-refractivity contribution < 1.29 is 9.90 Å². The van der Waals surface area contributed by atoms with Crippen LogP contribution in [0.25, 0.3) is 0 Å². The standard InChI is InChI=1S/C22H22N4O3/c23-12-14-24-15-26(25-13-11-18(27)21(28)20(25)22(24)29)19(16-7-3-1-4-8-16)17-9-5-2-6-10-17/h1-11,13,19,28H,12,14-15,23H2. The zero-order chi connectivity index (χ0) is 20.4. The minimum Gasteiger partial charge on any atom is -0.502 e. The van der Waals surface area contributed by atoms with Crippen molar-refractivity contribution in [3.05, 3.63) is 100.0 Å². The molecule has 2 aromatic carbocycles. The summed E-state index contributed by atoms with van der Waals surface area (Å²) in [5.74, 6) is -0.967. The summed E-state index contributed by atoms with van der Waals surface area (Å²) in [5.41, 5.74) is 7.11. The van der Waals surface area contributed by atoms with Crippen LogP contribution >= 0.6 is 0 Å². The Morgan fingerprint density at radius 3 is 2.07 bits per heavy atom. The number of nitrogens with zero attached hydrogens (tertiary/aromatic N) is 3. The fraction of sp³-hybridized carbons (Fsp3) is 0.182. The Kier molecular flexibility index (Phi) is 5.05. The first-order chi connectivity index (χ1) is 14.1. The largest absolute Gasteiger partial charge is 0.502 e. The Bertz CT molecular complexity index is 1030. The van der Waals surface area contributed by atoms with E-state index in [1.54, 1.807) is 9.58 Å². The average molecular weight is 390 g/mol. The molecule has 7 nitrogen and oxygen atoms in total. The predicted molar refractivity (Wildman–Crippen MR) is 110 cm³/mol. The number of pyridine rings is 1. The van der Waals surface area contributed by atoms with Gasteiger partial charge < -0.3 is 15.7 Å². The molecule has 1 aliphatic heterocycles. The third kappa shape index (κ3) is 3.36. The van der Waals surface area contributed by atoms with Gasteiger partial charge in [0.15, 0.2) is 11.4 Å². The maximum atomic E-state index is 12.9. The van der Waals surface area contributed by atoms with Crippen molar-refractivity contribution in [2.24, 2.45) is 5.73 Å². The second-order valence-electron chi connectivity index (χ2n) is 6.88. The zero-order valence-corrected chi connectivity index (χ0v) is 15.8. The SMILES string of the molecule is NCCN1CN(C(c2ccccc2)c2ccccc2)n2ccc(=O)c(O)c2C1=O. The van der Waals surface area contributed by atoms with Gasteiger partial charge in [0.1, 0.15) is 6.67 Å². The molecule has 7 heteroatoms. The Balaban J connectivity index is 1.93. The van der Waals surface area contributed by atoms with E-state index < -0.39 is 17.1 Å². The van der Waals surface area contributed by atoms with Crippen LogP contribution in [0.5, 0.6) is 5.75 Å². The van der Waals surface area contributed by atoms with E-state index in [1.165, 1.54) is 12.3 Å². The number of fused-ring (bicyclic) bond motifs is 1. The van der Waals surface area contributed by atoms with Crippen molar-refractivity contribution in [2.75, 3.05) is 24.8 Å². The van der Waals surface area contributed by atoms with Gasteiger partial charge in [-0.25, -0.2) is 0 Å². The zero-order valence-electron chi connectivity index (χ0n) is 15.8. The number of rotatable bonds is 5. The molecule has 0 bridgehead atoms. The molecule has 1 aromatic heterocycles. The van der Waals surface area contributed by atoms with E-state index in [9.17, 15) is 14.7 Å². The molecular formula is C22H22N4O3. The van der Waals surface area contributed by atoms with E-state index in [0.717, 1.165) is 11.1 Å². The lowest BCUT2D eigenvalue weighted by Gasteiger charge is -2.44. The molecule has 0 unspecified atom stereocenters. The molecule has 0 spiro atoms. The number of carbonyl (C=O) groups excluding carboxylic acids is 1. The molecule has 1 aliphatic rings. The second kappa shape index (κ2) is 7.81. The predicted octanol–water partition coefficient (Wildman–Crippen LogP) is 1.65. The molecule has 148 valence electrons. The fourth-order valence-electron chi connectivity index (χ4n) is 3.73. The van der Waals surface area contributed by atoms with Crippen LogP contribution in [-0.4, -0.2) is 40.3 Å². The van der Waals surface area contributed by atoms with Crippen LogP contribution < -0.4 is 16.2 Å². The van der Waals surface area contributed by atoms with Crippen molar-refractivity contribution in [2.45, 2.75) is 6.04 Å². The third-order valence-electron chi connectivity index (χ3n) is 5.06. The van der Waals surface area contributed by atoms with Crippen LogP contribution in [0.1, 0.15) is 27.7 Å². The molecule has 0 fully saturated rings. The molecule has 29 heavy (non-hydrogen) atoms. The Morgan fingerprint density at radius 2 is 1.52 bits per heavy atom. The summed E-state index contributed by atoms with van der Waals surface area (Å²) < 4.78 is 1.58. The summed E-state index contributed by atoms with van der Waals surface area (Å²) in [4.78, 5) is 26.5. The lowest BCUT2D eigenvalue weighted by Crippen LogP contribution is -2.56. The molecule has 0 aliphatic carbocycles. The van der Waals surface area contributed by atoms with Crippen molar-refractivity contribution in [3.8, 4) is 5.75 Å². The molecule has 1 amide bonds. The summed E-state index contributed by atoms with van der Waals surface area (Å²) in [6.07, 6.45) is 1.54. The van der Waals surface area contributed by atoms with Gasteiger partial charge in [-0.1, -0.05) is 60.7 Å². The van der Waals surface area contributed by atoms with E-state index in [0.29, 0.717) is 6.54 Å². The lowest BCUT2D eigenvalue weighted by atomic mass is 9.98. The first-order valence-corrected chi connectivity index (χ1v) is 9.42. The molecule has 0 atom stereocenters. The Labute approximate surface area is 168 Å². The van der Waals surface area contributed by atoms with E-state index in [1.807, 2.05) is 65.7 Å². The highest BCUT2D eigenvalue weighted by atomic mass is 16.3. The first-order valence-electron chi connectivity index (χ1n) is 9.42. The van der Waals surface area contributed by atoms with Crippen LogP contribution in [-0.2, 0) is 0 Å². The maximum absolute atomic E-state index is 12.9. The van der Waals surface area contributed by atoms with Gasteiger partial charge in [0.25, 0.3) is 5.91 Å². The number of carbonyl (C=O) groups is 1. The number of aromatic nitrogens is 1. The molecule has 4 rings (SSSR count). The smallest absolute Gasteiger partial charge is 0.277 e. The van der Waals surface area contributed by atoms with Gasteiger partial charge in [-0.2, -0.15) is 0 Å². The number of amides is 1. The summed E-state index contributed by atoms with van der Waals surface area (Å²) in [5, 5.41) is 12.4. The molecule has 0 radical (unpaired) electrons. The van der Waals surface area contributed by atoms with E-state index in [-0.39, 0.29) is 24.9 Å². The fourth-order valence-corrected chi connectivity index (χ4v) is 3.73. The average Bonchev–Trinajstić information content (AvgIpc) is 2.75. The van der Waals surface area contributed by atoms with Gasteiger partial charge in [-0.3, -0.25) is 19.3 Å². The monoisotopic (exact) mass is 390 g/mol. The highest BCUT2D eigenvalue weighted by molar-refractivity contribution is 5.96.